The molecule has 1 aromatic rings. The van der Waals surface area contributed by atoms with E-state index in [2.05, 4.69) is 6.92 Å². The molecular formula is C14H20Cl2N2O. The fourth-order valence-corrected chi connectivity index (χ4v) is 2.55. The number of halogens is 2. The molecule has 2 rings (SSSR count). The maximum Gasteiger partial charge on any atom is 0.227 e. The number of nitrogens with zero attached hydrogens (tertiary/aromatic N) is 1. The van der Waals surface area contributed by atoms with Crippen molar-refractivity contribution in [2.24, 2.45) is 11.1 Å². The first-order chi connectivity index (χ1) is 8.52. The Bertz CT molecular complexity index is 453. The van der Waals surface area contributed by atoms with Gasteiger partial charge in [0.15, 0.2) is 0 Å². The van der Waals surface area contributed by atoms with Crippen molar-refractivity contribution in [2.75, 3.05) is 19.6 Å². The summed E-state index contributed by atoms with van der Waals surface area (Å²) in [6.45, 7) is 4.35. The molecule has 0 aromatic heterocycles. The largest absolute Gasteiger partial charge is 0.342 e. The van der Waals surface area contributed by atoms with Crippen molar-refractivity contribution in [3.05, 3.63) is 34.9 Å². The van der Waals surface area contributed by atoms with Gasteiger partial charge in [0.25, 0.3) is 0 Å². The molecule has 1 aliphatic rings. The molecule has 1 fully saturated rings. The molecule has 0 aliphatic carbocycles. The van der Waals surface area contributed by atoms with Crippen LogP contribution in [0, 0.1) is 5.41 Å². The fourth-order valence-electron chi connectivity index (χ4n) is 2.34. The minimum atomic E-state index is 0. The first-order valence-corrected chi connectivity index (χ1v) is 6.62. The van der Waals surface area contributed by atoms with Gasteiger partial charge in [-0.1, -0.05) is 30.7 Å². The molecule has 0 bridgehead atoms. The maximum atomic E-state index is 12.2. The summed E-state index contributed by atoms with van der Waals surface area (Å²) in [4.78, 5) is 14.1. The highest BCUT2D eigenvalue weighted by Crippen LogP contribution is 2.28. The van der Waals surface area contributed by atoms with Crippen molar-refractivity contribution >= 4 is 29.9 Å². The van der Waals surface area contributed by atoms with Gasteiger partial charge in [0.05, 0.1) is 6.42 Å². The quantitative estimate of drug-likeness (QED) is 0.932. The van der Waals surface area contributed by atoms with E-state index >= 15 is 0 Å². The molecule has 3 nitrogen and oxygen atoms in total. The van der Waals surface area contributed by atoms with Crippen molar-refractivity contribution < 1.29 is 4.79 Å². The van der Waals surface area contributed by atoms with Crippen LogP contribution in [0.1, 0.15) is 18.9 Å². The molecular weight excluding hydrogens is 283 g/mol. The molecule has 0 radical (unpaired) electrons. The maximum absolute atomic E-state index is 12.2. The summed E-state index contributed by atoms with van der Waals surface area (Å²) in [5.74, 6) is 0.162. The van der Waals surface area contributed by atoms with Crippen LogP contribution in [0.5, 0.6) is 0 Å². The molecule has 0 spiro atoms. The monoisotopic (exact) mass is 302 g/mol. The second kappa shape index (κ2) is 6.60. The number of likely N-dealkylation sites (tertiary alicyclic amines) is 1. The van der Waals surface area contributed by atoms with E-state index in [-0.39, 0.29) is 23.7 Å². The van der Waals surface area contributed by atoms with Gasteiger partial charge in [0, 0.05) is 18.1 Å². The second-order valence-electron chi connectivity index (χ2n) is 5.39. The van der Waals surface area contributed by atoms with E-state index in [1.807, 2.05) is 29.2 Å². The van der Waals surface area contributed by atoms with Gasteiger partial charge in [0.1, 0.15) is 0 Å². The van der Waals surface area contributed by atoms with Crippen LogP contribution < -0.4 is 5.73 Å². The van der Waals surface area contributed by atoms with Crippen LogP contribution in [0.4, 0.5) is 0 Å². The minimum Gasteiger partial charge on any atom is -0.342 e. The Morgan fingerprint density at radius 3 is 2.84 bits per heavy atom. The van der Waals surface area contributed by atoms with Crippen molar-refractivity contribution in [1.82, 2.24) is 4.90 Å². The van der Waals surface area contributed by atoms with Crippen molar-refractivity contribution in [3.63, 3.8) is 0 Å². The topological polar surface area (TPSA) is 46.3 Å². The molecule has 1 aliphatic heterocycles. The number of carbonyl (C=O) groups is 1. The summed E-state index contributed by atoms with van der Waals surface area (Å²) >= 11 is 5.91. The molecule has 106 valence electrons. The van der Waals surface area contributed by atoms with Crippen molar-refractivity contribution in [3.8, 4) is 0 Å². The SMILES string of the molecule is CC1(CN)CCN(C(=O)Cc2cccc(Cl)c2)C1.Cl. The summed E-state index contributed by atoms with van der Waals surface area (Å²) in [5, 5.41) is 0.675. The number of benzene rings is 1. The van der Waals surface area contributed by atoms with Gasteiger partial charge in [-0.3, -0.25) is 4.79 Å². The van der Waals surface area contributed by atoms with Gasteiger partial charge < -0.3 is 10.6 Å². The van der Waals surface area contributed by atoms with Crippen LogP contribution in [0.15, 0.2) is 24.3 Å². The van der Waals surface area contributed by atoms with Gasteiger partial charge in [-0.25, -0.2) is 0 Å². The smallest absolute Gasteiger partial charge is 0.227 e. The third-order valence-corrected chi connectivity index (χ3v) is 3.88. The average molecular weight is 303 g/mol. The molecule has 1 heterocycles. The molecule has 0 saturated carbocycles. The van der Waals surface area contributed by atoms with Crippen LogP contribution in [0.25, 0.3) is 0 Å². The predicted molar refractivity (Wildman–Crippen MR) is 80.8 cm³/mol. The normalized spacial score (nSPS) is 22.2. The summed E-state index contributed by atoms with van der Waals surface area (Å²) in [6, 6.07) is 7.47. The molecule has 2 N–H and O–H groups in total. The van der Waals surface area contributed by atoms with Gasteiger partial charge in [0.2, 0.25) is 5.91 Å². The number of carbonyl (C=O) groups excluding carboxylic acids is 1. The highest BCUT2D eigenvalue weighted by molar-refractivity contribution is 6.30. The molecule has 1 atom stereocenters. The lowest BCUT2D eigenvalue weighted by molar-refractivity contribution is -0.129. The van der Waals surface area contributed by atoms with Crippen LogP contribution in [-0.4, -0.2) is 30.4 Å². The zero-order chi connectivity index (χ0) is 13.2. The Kier molecular flexibility index (Phi) is 5.65. The Balaban J connectivity index is 0.00000180. The van der Waals surface area contributed by atoms with Gasteiger partial charge in [-0.15, -0.1) is 12.4 Å². The predicted octanol–water partition coefficient (Wildman–Crippen LogP) is 2.50. The first kappa shape index (κ1) is 16.3. The lowest BCUT2D eigenvalue weighted by atomic mass is 9.90. The van der Waals surface area contributed by atoms with E-state index in [4.69, 9.17) is 17.3 Å². The molecule has 1 unspecified atom stereocenters. The molecule has 5 heteroatoms. The Labute approximate surface area is 125 Å². The van der Waals surface area contributed by atoms with E-state index in [0.29, 0.717) is 18.0 Å². The van der Waals surface area contributed by atoms with E-state index in [9.17, 15) is 4.79 Å². The number of amides is 1. The Hall–Kier alpha value is -0.770. The highest BCUT2D eigenvalue weighted by Gasteiger charge is 2.34. The lowest BCUT2D eigenvalue weighted by Gasteiger charge is -2.22. The highest BCUT2D eigenvalue weighted by atomic mass is 35.5. The third kappa shape index (κ3) is 4.10. The second-order valence-corrected chi connectivity index (χ2v) is 5.82. The molecule has 19 heavy (non-hydrogen) atoms. The molecule has 1 aromatic carbocycles. The van der Waals surface area contributed by atoms with E-state index in [1.54, 1.807) is 0 Å². The fraction of sp³-hybridized carbons (Fsp3) is 0.500. The third-order valence-electron chi connectivity index (χ3n) is 3.65. The Morgan fingerprint density at radius 2 is 2.26 bits per heavy atom. The van der Waals surface area contributed by atoms with Crippen LogP contribution in [0.3, 0.4) is 0 Å². The van der Waals surface area contributed by atoms with Crippen LogP contribution in [0.2, 0.25) is 5.02 Å². The zero-order valence-electron chi connectivity index (χ0n) is 11.1. The first-order valence-electron chi connectivity index (χ1n) is 6.25. The van der Waals surface area contributed by atoms with Crippen molar-refractivity contribution in [2.45, 2.75) is 19.8 Å². The Morgan fingerprint density at radius 1 is 1.53 bits per heavy atom. The number of hydrogen-bond donors (Lipinski definition) is 1. The van der Waals surface area contributed by atoms with Crippen LogP contribution in [-0.2, 0) is 11.2 Å². The van der Waals surface area contributed by atoms with E-state index in [0.717, 1.165) is 25.1 Å². The van der Waals surface area contributed by atoms with Crippen molar-refractivity contribution in [1.29, 1.82) is 0 Å². The number of hydrogen-bond acceptors (Lipinski definition) is 2. The van der Waals surface area contributed by atoms with Gasteiger partial charge in [-0.05, 0) is 36.1 Å². The van der Waals surface area contributed by atoms with E-state index in [1.165, 1.54) is 0 Å². The summed E-state index contributed by atoms with van der Waals surface area (Å²) < 4.78 is 0. The average Bonchev–Trinajstić information content (AvgIpc) is 2.73. The van der Waals surface area contributed by atoms with Crippen LogP contribution >= 0.6 is 24.0 Å². The standard InChI is InChI=1S/C14H19ClN2O.ClH/c1-14(9-16)5-6-17(10-14)13(18)8-11-3-2-4-12(15)7-11;/h2-4,7H,5-6,8-10,16H2,1H3;1H. The summed E-state index contributed by atoms with van der Waals surface area (Å²) in [6.07, 6.45) is 1.41. The molecule has 1 saturated heterocycles. The van der Waals surface area contributed by atoms with Gasteiger partial charge >= 0.3 is 0 Å². The van der Waals surface area contributed by atoms with E-state index < -0.39 is 0 Å². The lowest BCUT2D eigenvalue weighted by Crippen LogP contribution is -2.35. The zero-order valence-corrected chi connectivity index (χ0v) is 12.6. The summed E-state index contributed by atoms with van der Waals surface area (Å²) in [5.41, 5.74) is 6.80. The van der Waals surface area contributed by atoms with Gasteiger partial charge in [-0.2, -0.15) is 0 Å². The number of nitrogens with two attached hydrogens (primary N) is 1. The summed E-state index contributed by atoms with van der Waals surface area (Å²) in [7, 11) is 0. The number of rotatable bonds is 3. The molecule has 1 amide bonds. The minimum absolute atomic E-state index is 0.